The molecule has 0 radical (unpaired) electrons. The minimum Gasteiger partial charge on any atom is -0.334 e. The van der Waals surface area contributed by atoms with E-state index in [1.165, 1.54) is 25.1 Å². The van der Waals surface area contributed by atoms with E-state index >= 15 is 0 Å². The van der Waals surface area contributed by atoms with Crippen LogP contribution in [0.4, 0.5) is 0 Å². The zero-order valence-electron chi connectivity index (χ0n) is 10.7. The molecule has 1 atom stereocenters. The van der Waals surface area contributed by atoms with Crippen molar-refractivity contribution in [2.24, 2.45) is 5.41 Å². The molecule has 1 heterocycles. The maximum absolute atomic E-state index is 4.55. The third-order valence-electron chi connectivity index (χ3n) is 3.68. The van der Waals surface area contributed by atoms with Gasteiger partial charge in [0.15, 0.2) is 0 Å². The maximum Gasteiger partial charge on any atom is 0.126 e. The van der Waals surface area contributed by atoms with E-state index in [4.69, 9.17) is 0 Å². The van der Waals surface area contributed by atoms with Crippen molar-refractivity contribution in [1.29, 1.82) is 0 Å². The summed E-state index contributed by atoms with van der Waals surface area (Å²) in [6.45, 7) is 8.85. The van der Waals surface area contributed by atoms with Crippen LogP contribution < -0.4 is 5.32 Å². The zero-order valence-corrected chi connectivity index (χ0v) is 10.7. The molecule has 0 aromatic carbocycles. The third-order valence-corrected chi connectivity index (χ3v) is 3.68. The highest BCUT2D eigenvalue weighted by Gasteiger charge is 2.46. The number of rotatable bonds is 6. The van der Waals surface area contributed by atoms with Gasteiger partial charge in [-0.25, -0.2) is 4.98 Å². The number of aryl methyl sites for hydroxylation is 1. The zero-order chi connectivity index (χ0) is 11.6. The molecular formula is C13H23N3. The number of hydrogen-bond acceptors (Lipinski definition) is 2. The maximum atomic E-state index is 4.55. The van der Waals surface area contributed by atoms with Gasteiger partial charge in [0.2, 0.25) is 0 Å². The fourth-order valence-corrected chi connectivity index (χ4v) is 2.27. The molecule has 1 N–H and O–H groups in total. The van der Waals surface area contributed by atoms with E-state index in [1.807, 2.05) is 6.20 Å². The van der Waals surface area contributed by atoms with Gasteiger partial charge in [-0.2, -0.15) is 0 Å². The molecule has 3 nitrogen and oxygen atoms in total. The van der Waals surface area contributed by atoms with Crippen molar-refractivity contribution in [2.45, 2.75) is 52.6 Å². The van der Waals surface area contributed by atoms with Crippen LogP contribution in [0.15, 0.2) is 12.4 Å². The van der Waals surface area contributed by atoms with E-state index in [-0.39, 0.29) is 0 Å². The Kier molecular flexibility index (Phi) is 3.33. The second-order valence-electron chi connectivity index (χ2n) is 5.11. The van der Waals surface area contributed by atoms with Crippen LogP contribution in [0.25, 0.3) is 0 Å². The average Bonchev–Trinajstić information content (AvgIpc) is 2.86. The van der Waals surface area contributed by atoms with E-state index in [9.17, 15) is 0 Å². The molecule has 2 rings (SSSR count). The van der Waals surface area contributed by atoms with Crippen LogP contribution in [-0.2, 0) is 6.54 Å². The standard InChI is InChI=1S/C13H23N3/c1-4-8-14-11(13(3)6-7-13)12-15-9-10-16(12)5-2/h9-11,14H,4-8H2,1-3H3. The number of nitrogens with zero attached hydrogens (tertiary/aromatic N) is 2. The molecule has 1 aliphatic carbocycles. The minimum absolute atomic E-state index is 0.433. The first-order chi connectivity index (χ1) is 7.71. The lowest BCUT2D eigenvalue weighted by atomic mass is 9.98. The lowest BCUT2D eigenvalue weighted by molar-refractivity contribution is 0.341. The number of hydrogen-bond donors (Lipinski definition) is 1. The number of nitrogens with one attached hydrogen (secondary N) is 1. The Morgan fingerprint density at radius 3 is 2.81 bits per heavy atom. The highest BCUT2D eigenvalue weighted by atomic mass is 15.1. The first-order valence-electron chi connectivity index (χ1n) is 6.45. The van der Waals surface area contributed by atoms with Gasteiger partial charge in [-0.3, -0.25) is 0 Å². The lowest BCUT2D eigenvalue weighted by Gasteiger charge is -2.25. The molecule has 0 spiro atoms. The molecule has 0 amide bonds. The Labute approximate surface area is 98.3 Å². The Hall–Kier alpha value is -0.830. The summed E-state index contributed by atoms with van der Waals surface area (Å²) >= 11 is 0. The molecule has 0 saturated heterocycles. The third kappa shape index (κ3) is 2.14. The van der Waals surface area contributed by atoms with Gasteiger partial charge in [0.25, 0.3) is 0 Å². The SMILES string of the molecule is CCCNC(c1nccn1CC)C1(C)CC1. The first kappa shape index (κ1) is 11.6. The highest BCUT2D eigenvalue weighted by molar-refractivity contribution is 5.10. The largest absolute Gasteiger partial charge is 0.334 e. The van der Waals surface area contributed by atoms with Gasteiger partial charge in [-0.05, 0) is 38.1 Å². The minimum atomic E-state index is 0.433. The Morgan fingerprint density at radius 2 is 2.25 bits per heavy atom. The molecule has 1 unspecified atom stereocenters. The van der Waals surface area contributed by atoms with Gasteiger partial charge in [0, 0.05) is 18.9 Å². The summed E-state index contributed by atoms with van der Waals surface area (Å²) in [7, 11) is 0. The number of imidazole rings is 1. The highest BCUT2D eigenvalue weighted by Crippen LogP contribution is 2.54. The van der Waals surface area contributed by atoms with Crippen LogP contribution in [0.1, 0.15) is 51.9 Å². The van der Waals surface area contributed by atoms with Crippen LogP contribution in [0.3, 0.4) is 0 Å². The Bertz CT molecular complexity index is 339. The summed E-state index contributed by atoms with van der Waals surface area (Å²) < 4.78 is 2.26. The monoisotopic (exact) mass is 221 g/mol. The molecule has 1 aromatic heterocycles. The molecule has 90 valence electrons. The fraction of sp³-hybridized carbons (Fsp3) is 0.769. The molecule has 3 heteroatoms. The molecule has 1 saturated carbocycles. The molecular weight excluding hydrogens is 198 g/mol. The molecule has 0 aliphatic heterocycles. The van der Waals surface area contributed by atoms with Crippen molar-refractivity contribution in [3.63, 3.8) is 0 Å². The second kappa shape index (κ2) is 4.58. The van der Waals surface area contributed by atoms with E-state index in [2.05, 4.69) is 41.8 Å². The summed E-state index contributed by atoms with van der Waals surface area (Å²) in [5, 5.41) is 3.67. The molecule has 0 bridgehead atoms. The first-order valence-corrected chi connectivity index (χ1v) is 6.45. The van der Waals surface area contributed by atoms with Crippen molar-refractivity contribution in [3.8, 4) is 0 Å². The Balaban J connectivity index is 2.18. The smallest absolute Gasteiger partial charge is 0.126 e. The van der Waals surface area contributed by atoms with Gasteiger partial charge in [-0.1, -0.05) is 13.8 Å². The predicted molar refractivity (Wildman–Crippen MR) is 66.3 cm³/mol. The van der Waals surface area contributed by atoms with Gasteiger partial charge in [-0.15, -0.1) is 0 Å². The van der Waals surface area contributed by atoms with Crippen molar-refractivity contribution in [3.05, 3.63) is 18.2 Å². The van der Waals surface area contributed by atoms with E-state index in [0.717, 1.165) is 13.1 Å². The quantitative estimate of drug-likeness (QED) is 0.800. The van der Waals surface area contributed by atoms with Gasteiger partial charge in [0.1, 0.15) is 5.82 Å². The van der Waals surface area contributed by atoms with Crippen LogP contribution in [0.2, 0.25) is 0 Å². The van der Waals surface area contributed by atoms with Crippen LogP contribution in [0.5, 0.6) is 0 Å². The van der Waals surface area contributed by atoms with Crippen LogP contribution in [0, 0.1) is 5.41 Å². The summed E-state index contributed by atoms with van der Waals surface area (Å²) in [4.78, 5) is 4.55. The van der Waals surface area contributed by atoms with Crippen molar-refractivity contribution in [2.75, 3.05) is 6.54 Å². The normalized spacial score (nSPS) is 19.7. The van der Waals surface area contributed by atoms with E-state index in [0.29, 0.717) is 11.5 Å². The van der Waals surface area contributed by atoms with Gasteiger partial charge < -0.3 is 9.88 Å². The Morgan fingerprint density at radius 1 is 1.50 bits per heavy atom. The van der Waals surface area contributed by atoms with Gasteiger partial charge >= 0.3 is 0 Å². The van der Waals surface area contributed by atoms with Crippen molar-refractivity contribution < 1.29 is 0 Å². The molecule has 1 aromatic rings. The average molecular weight is 221 g/mol. The summed E-state index contributed by atoms with van der Waals surface area (Å²) in [6.07, 6.45) is 7.84. The molecule has 1 fully saturated rings. The fourth-order valence-electron chi connectivity index (χ4n) is 2.27. The summed E-state index contributed by atoms with van der Waals surface area (Å²) in [6, 6.07) is 0.433. The topological polar surface area (TPSA) is 29.9 Å². The summed E-state index contributed by atoms with van der Waals surface area (Å²) in [5.41, 5.74) is 0.438. The number of aromatic nitrogens is 2. The predicted octanol–water partition coefficient (Wildman–Crippen LogP) is 2.74. The van der Waals surface area contributed by atoms with Crippen LogP contribution in [-0.4, -0.2) is 16.1 Å². The van der Waals surface area contributed by atoms with Crippen LogP contribution >= 0.6 is 0 Å². The lowest BCUT2D eigenvalue weighted by Crippen LogP contribution is -2.31. The second-order valence-corrected chi connectivity index (χ2v) is 5.11. The molecule has 1 aliphatic rings. The van der Waals surface area contributed by atoms with Gasteiger partial charge in [0.05, 0.1) is 6.04 Å². The van der Waals surface area contributed by atoms with Crippen molar-refractivity contribution >= 4 is 0 Å². The molecule has 16 heavy (non-hydrogen) atoms. The summed E-state index contributed by atoms with van der Waals surface area (Å²) in [5.74, 6) is 1.22. The van der Waals surface area contributed by atoms with E-state index in [1.54, 1.807) is 0 Å². The van der Waals surface area contributed by atoms with Crippen molar-refractivity contribution in [1.82, 2.24) is 14.9 Å². The van der Waals surface area contributed by atoms with E-state index < -0.39 is 0 Å².